The summed E-state index contributed by atoms with van der Waals surface area (Å²) in [6.45, 7) is 7.86. The molecule has 0 atom stereocenters. The Hall–Kier alpha value is -1.69. The van der Waals surface area contributed by atoms with Gasteiger partial charge in [-0.1, -0.05) is 25.9 Å². The lowest BCUT2D eigenvalue weighted by Crippen LogP contribution is -2.09. The molecule has 0 aromatic carbocycles. The lowest BCUT2D eigenvalue weighted by molar-refractivity contribution is 0.0464. The number of rotatable bonds is 5. The molecule has 2 aromatic heterocycles. The van der Waals surface area contributed by atoms with Gasteiger partial charge in [0.15, 0.2) is 5.76 Å². The van der Waals surface area contributed by atoms with Gasteiger partial charge in [0.05, 0.1) is 16.4 Å². The number of carbonyl (C=O) groups excluding carboxylic acids is 1. The molecule has 2 aromatic rings. The van der Waals surface area contributed by atoms with Crippen LogP contribution in [-0.2, 0) is 17.8 Å². The molecule has 0 saturated carbocycles. The van der Waals surface area contributed by atoms with Gasteiger partial charge >= 0.3 is 5.97 Å². The van der Waals surface area contributed by atoms with Crippen LogP contribution in [-0.4, -0.2) is 16.1 Å². The molecule has 0 amide bonds. The van der Waals surface area contributed by atoms with Crippen molar-refractivity contribution in [2.75, 3.05) is 0 Å². The lowest BCUT2D eigenvalue weighted by Gasteiger charge is -2.05. The Labute approximate surface area is 122 Å². The molecule has 0 bridgehead atoms. The van der Waals surface area contributed by atoms with Gasteiger partial charge in [-0.3, -0.25) is 0 Å². The molecule has 0 N–H and O–H groups in total. The maximum Gasteiger partial charge on any atom is 0.344 e. The van der Waals surface area contributed by atoms with Crippen LogP contribution in [0.5, 0.6) is 0 Å². The predicted octanol–water partition coefficient (Wildman–Crippen LogP) is 3.48. The van der Waals surface area contributed by atoms with Gasteiger partial charge in [0, 0.05) is 11.3 Å². The number of hydrogen-bond donors (Lipinski definition) is 0. The Morgan fingerprint density at radius 1 is 1.50 bits per heavy atom. The molecule has 108 valence electrons. The van der Waals surface area contributed by atoms with Crippen LogP contribution < -0.4 is 0 Å². The molecule has 5 nitrogen and oxygen atoms in total. The van der Waals surface area contributed by atoms with Crippen LogP contribution in [0.15, 0.2) is 9.90 Å². The average molecular weight is 294 g/mol. The van der Waals surface area contributed by atoms with Crippen molar-refractivity contribution in [3.8, 4) is 0 Å². The van der Waals surface area contributed by atoms with Gasteiger partial charge in [-0.15, -0.1) is 11.3 Å². The standard InChI is InChI=1S/C14H18N2O3S/c1-5-11-15-10(7-20-11)6-18-14(17)12-9(4)16-19-13(12)8(2)3/h7-8H,5-6H2,1-4H3. The van der Waals surface area contributed by atoms with Crippen LogP contribution in [0.3, 0.4) is 0 Å². The molecule has 6 heteroatoms. The maximum atomic E-state index is 12.2. The molecule has 0 spiro atoms. The fourth-order valence-corrected chi connectivity index (χ4v) is 2.55. The van der Waals surface area contributed by atoms with E-state index in [0.29, 0.717) is 17.0 Å². The molecule has 20 heavy (non-hydrogen) atoms. The molecule has 0 unspecified atom stereocenters. The number of hydrogen-bond acceptors (Lipinski definition) is 6. The summed E-state index contributed by atoms with van der Waals surface area (Å²) in [6, 6.07) is 0. The van der Waals surface area contributed by atoms with E-state index in [-0.39, 0.29) is 12.5 Å². The summed E-state index contributed by atoms with van der Waals surface area (Å²) in [6.07, 6.45) is 0.890. The first kappa shape index (κ1) is 14.7. The van der Waals surface area contributed by atoms with Gasteiger partial charge in [0.1, 0.15) is 12.2 Å². The summed E-state index contributed by atoms with van der Waals surface area (Å²) in [5.74, 6) is 0.253. The Bertz CT molecular complexity index is 601. The monoisotopic (exact) mass is 294 g/mol. The normalized spacial score (nSPS) is 11.1. The highest BCUT2D eigenvalue weighted by Crippen LogP contribution is 2.23. The predicted molar refractivity (Wildman–Crippen MR) is 75.9 cm³/mol. The fourth-order valence-electron chi connectivity index (χ4n) is 1.82. The van der Waals surface area contributed by atoms with E-state index in [2.05, 4.69) is 10.1 Å². The number of ether oxygens (including phenoxy) is 1. The molecular formula is C14H18N2O3S. The number of carbonyl (C=O) groups is 1. The minimum absolute atomic E-state index is 0.0877. The summed E-state index contributed by atoms with van der Waals surface area (Å²) in [5, 5.41) is 6.80. The molecule has 0 fully saturated rings. The highest BCUT2D eigenvalue weighted by molar-refractivity contribution is 7.09. The molecule has 0 saturated heterocycles. The summed E-state index contributed by atoms with van der Waals surface area (Å²) < 4.78 is 10.5. The van der Waals surface area contributed by atoms with E-state index in [1.54, 1.807) is 18.3 Å². The fraction of sp³-hybridized carbons (Fsp3) is 0.500. The summed E-state index contributed by atoms with van der Waals surface area (Å²) >= 11 is 1.58. The Balaban J connectivity index is 2.07. The SMILES string of the molecule is CCc1nc(COC(=O)c2c(C)noc2C(C)C)cs1. The summed E-state index contributed by atoms with van der Waals surface area (Å²) in [5.41, 5.74) is 1.78. The molecule has 0 aliphatic rings. The molecule has 2 heterocycles. The van der Waals surface area contributed by atoms with E-state index in [1.165, 1.54) is 0 Å². The van der Waals surface area contributed by atoms with E-state index >= 15 is 0 Å². The third-order valence-corrected chi connectivity index (χ3v) is 3.91. The van der Waals surface area contributed by atoms with Crippen molar-refractivity contribution in [3.05, 3.63) is 33.1 Å². The van der Waals surface area contributed by atoms with Crippen LogP contribution in [0, 0.1) is 6.92 Å². The maximum absolute atomic E-state index is 12.2. The van der Waals surface area contributed by atoms with E-state index < -0.39 is 5.97 Å². The number of nitrogens with zero attached hydrogens (tertiary/aromatic N) is 2. The van der Waals surface area contributed by atoms with Gasteiger partial charge in [-0.2, -0.15) is 0 Å². The summed E-state index contributed by atoms with van der Waals surface area (Å²) in [7, 11) is 0. The van der Waals surface area contributed by atoms with Gasteiger partial charge in [0.25, 0.3) is 0 Å². The van der Waals surface area contributed by atoms with Crippen LogP contribution in [0.2, 0.25) is 0 Å². The van der Waals surface area contributed by atoms with Crippen LogP contribution >= 0.6 is 11.3 Å². The number of esters is 1. The van der Waals surface area contributed by atoms with Crippen molar-refractivity contribution >= 4 is 17.3 Å². The van der Waals surface area contributed by atoms with E-state index in [1.807, 2.05) is 26.2 Å². The highest BCUT2D eigenvalue weighted by Gasteiger charge is 2.24. The molecule has 0 radical (unpaired) electrons. The molecule has 2 rings (SSSR count). The lowest BCUT2D eigenvalue weighted by atomic mass is 10.1. The van der Waals surface area contributed by atoms with Gasteiger partial charge in [-0.25, -0.2) is 9.78 Å². The number of aryl methyl sites for hydroxylation is 2. The van der Waals surface area contributed by atoms with Crippen molar-refractivity contribution < 1.29 is 14.1 Å². The Kier molecular flexibility index (Phi) is 4.54. The van der Waals surface area contributed by atoms with Crippen molar-refractivity contribution in [2.24, 2.45) is 0 Å². The number of thiazole rings is 1. The second kappa shape index (κ2) is 6.17. The third-order valence-electron chi connectivity index (χ3n) is 2.87. The third kappa shape index (κ3) is 3.07. The zero-order chi connectivity index (χ0) is 14.7. The first-order chi connectivity index (χ1) is 9.52. The molecule has 0 aliphatic carbocycles. The first-order valence-electron chi connectivity index (χ1n) is 6.59. The van der Waals surface area contributed by atoms with Gasteiger partial charge in [0.2, 0.25) is 0 Å². The van der Waals surface area contributed by atoms with Gasteiger partial charge in [-0.05, 0) is 13.3 Å². The zero-order valence-electron chi connectivity index (χ0n) is 12.1. The second-order valence-corrected chi connectivity index (χ2v) is 5.77. The molecular weight excluding hydrogens is 276 g/mol. The highest BCUT2D eigenvalue weighted by atomic mass is 32.1. The topological polar surface area (TPSA) is 65.2 Å². The summed E-state index contributed by atoms with van der Waals surface area (Å²) in [4.78, 5) is 16.5. The Morgan fingerprint density at radius 2 is 2.25 bits per heavy atom. The average Bonchev–Trinajstić information content (AvgIpc) is 3.02. The first-order valence-corrected chi connectivity index (χ1v) is 7.47. The van der Waals surface area contributed by atoms with E-state index in [4.69, 9.17) is 9.26 Å². The minimum Gasteiger partial charge on any atom is -0.455 e. The second-order valence-electron chi connectivity index (χ2n) is 4.82. The number of aromatic nitrogens is 2. The van der Waals surface area contributed by atoms with E-state index in [9.17, 15) is 4.79 Å². The van der Waals surface area contributed by atoms with Crippen molar-refractivity contribution in [1.82, 2.24) is 10.1 Å². The van der Waals surface area contributed by atoms with Crippen molar-refractivity contribution in [3.63, 3.8) is 0 Å². The van der Waals surface area contributed by atoms with Crippen LogP contribution in [0.25, 0.3) is 0 Å². The van der Waals surface area contributed by atoms with Gasteiger partial charge < -0.3 is 9.26 Å². The minimum atomic E-state index is -0.404. The smallest absolute Gasteiger partial charge is 0.344 e. The Morgan fingerprint density at radius 3 is 2.85 bits per heavy atom. The van der Waals surface area contributed by atoms with Crippen LogP contribution in [0.4, 0.5) is 0 Å². The zero-order valence-corrected chi connectivity index (χ0v) is 12.9. The van der Waals surface area contributed by atoms with Crippen molar-refractivity contribution in [2.45, 2.75) is 46.6 Å². The largest absolute Gasteiger partial charge is 0.455 e. The quantitative estimate of drug-likeness (QED) is 0.790. The molecule has 0 aliphatic heterocycles. The van der Waals surface area contributed by atoms with Crippen LogP contribution in [0.1, 0.15) is 59.2 Å². The van der Waals surface area contributed by atoms with Crippen molar-refractivity contribution in [1.29, 1.82) is 0 Å². The van der Waals surface area contributed by atoms with E-state index in [0.717, 1.165) is 17.1 Å².